The number of aromatic nitrogens is 1. The molecule has 1 aliphatic rings. The minimum atomic E-state index is -0.865. The van der Waals surface area contributed by atoms with E-state index in [9.17, 15) is 24.3 Å². The van der Waals surface area contributed by atoms with Crippen molar-refractivity contribution < 1.29 is 29.0 Å². The fraction of sp³-hybridized carbons (Fsp3) is 0.537. The van der Waals surface area contributed by atoms with Crippen molar-refractivity contribution >= 4 is 35.0 Å². The summed E-state index contributed by atoms with van der Waals surface area (Å²) in [7, 11) is 0. The van der Waals surface area contributed by atoms with E-state index < -0.39 is 23.6 Å². The molecule has 0 aliphatic carbocycles. The number of amides is 4. The van der Waals surface area contributed by atoms with Gasteiger partial charge in [0.15, 0.2) is 0 Å². The zero-order chi connectivity index (χ0) is 38.7. The first kappa shape index (κ1) is 41.6. The first-order valence-corrected chi connectivity index (χ1v) is 19.5. The van der Waals surface area contributed by atoms with Crippen LogP contribution in [0.5, 0.6) is 0 Å². The molecule has 2 aromatic carbocycles. The SMILES string of the molecule is Cc1ncsc1-c1ccc(CNC(=O)[C@@H]2C[C@@H](O)CN2C(=O)[C@@H](NC(=O)CCCCc2cccc(CO[C@H](C)[C@@H](C)CCC(N)=O)c2)C(C)(C)C)cc1. The third-order valence-corrected chi connectivity index (χ3v) is 11.0. The molecule has 4 rings (SSSR count). The monoisotopic (exact) mass is 747 g/mol. The van der Waals surface area contributed by atoms with E-state index in [1.54, 1.807) is 11.3 Å². The number of β-amino-alcohol motifs (C(OH)–C–C–N with tert-alkyl or cyclic N) is 1. The fourth-order valence-corrected chi connectivity index (χ4v) is 7.31. The van der Waals surface area contributed by atoms with Crippen molar-refractivity contribution in [1.82, 2.24) is 20.5 Å². The van der Waals surface area contributed by atoms with Gasteiger partial charge in [-0.3, -0.25) is 19.2 Å². The molecule has 5 atom stereocenters. The number of unbranched alkanes of at least 4 members (excludes halogenated alkanes) is 1. The standard InChI is InChI=1S/C41H57N5O6S/c1-26(14-19-35(42)48)28(3)52-24-31-12-9-11-29(20-31)10-7-8-13-36(49)45-38(41(4,5)6)40(51)46-23-33(47)21-34(46)39(50)43-22-30-15-17-32(18-16-30)37-27(2)44-25-53-37/h9,11-12,15-18,20,25-26,28,33-34,38,47H,7-8,10,13-14,19,21-24H2,1-6H3,(H2,42,48)(H,43,50)(H,45,49)/t26-,28+,33+,34-,38+/m0/s1. The molecule has 0 saturated carbocycles. The molecule has 4 amide bonds. The highest BCUT2D eigenvalue weighted by molar-refractivity contribution is 7.13. The molecule has 288 valence electrons. The van der Waals surface area contributed by atoms with Crippen molar-refractivity contribution in [1.29, 1.82) is 0 Å². The second kappa shape index (κ2) is 19.3. The zero-order valence-electron chi connectivity index (χ0n) is 32.0. The summed E-state index contributed by atoms with van der Waals surface area (Å²) in [5.41, 5.74) is 11.6. The first-order chi connectivity index (χ1) is 25.1. The van der Waals surface area contributed by atoms with Crippen LogP contribution in [-0.4, -0.2) is 69.5 Å². The van der Waals surface area contributed by atoms with Gasteiger partial charge < -0.3 is 31.1 Å². The predicted molar refractivity (Wildman–Crippen MR) is 207 cm³/mol. The smallest absolute Gasteiger partial charge is 0.246 e. The van der Waals surface area contributed by atoms with E-state index in [4.69, 9.17) is 10.5 Å². The molecule has 12 heteroatoms. The number of nitrogens with two attached hydrogens (primary N) is 1. The minimum absolute atomic E-state index is 0.00707. The van der Waals surface area contributed by atoms with Gasteiger partial charge in [-0.1, -0.05) is 76.2 Å². The number of ether oxygens (including phenoxy) is 1. The van der Waals surface area contributed by atoms with Gasteiger partial charge in [0.2, 0.25) is 23.6 Å². The Balaban J connectivity index is 1.25. The Hall–Kier alpha value is -4.13. The first-order valence-electron chi connectivity index (χ1n) is 18.6. The Morgan fingerprint density at radius 1 is 1.04 bits per heavy atom. The average Bonchev–Trinajstić information content (AvgIpc) is 3.74. The maximum absolute atomic E-state index is 14.0. The van der Waals surface area contributed by atoms with Crippen LogP contribution in [0, 0.1) is 18.3 Å². The van der Waals surface area contributed by atoms with Crippen LogP contribution in [-0.2, 0) is 43.5 Å². The molecule has 1 saturated heterocycles. The molecule has 0 spiro atoms. The Morgan fingerprint density at radius 3 is 2.42 bits per heavy atom. The molecular weight excluding hydrogens is 691 g/mol. The number of nitrogens with one attached hydrogen (secondary N) is 2. The second-order valence-electron chi connectivity index (χ2n) is 15.5. The normalized spacial score (nSPS) is 17.6. The highest BCUT2D eigenvalue weighted by Gasteiger charge is 2.44. The maximum atomic E-state index is 14.0. The summed E-state index contributed by atoms with van der Waals surface area (Å²) < 4.78 is 6.05. The molecule has 0 unspecified atom stereocenters. The van der Waals surface area contributed by atoms with Crippen LogP contribution < -0.4 is 16.4 Å². The number of aliphatic hydroxyl groups excluding tert-OH is 1. The fourth-order valence-electron chi connectivity index (χ4n) is 6.50. The van der Waals surface area contributed by atoms with Gasteiger partial charge in [0, 0.05) is 32.4 Å². The van der Waals surface area contributed by atoms with E-state index in [0.29, 0.717) is 25.9 Å². The molecule has 0 radical (unpaired) electrons. The van der Waals surface area contributed by atoms with Crippen LogP contribution in [0.15, 0.2) is 54.0 Å². The quantitative estimate of drug-likeness (QED) is 0.126. The van der Waals surface area contributed by atoms with E-state index >= 15 is 0 Å². The average molecular weight is 748 g/mol. The van der Waals surface area contributed by atoms with Gasteiger partial charge >= 0.3 is 0 Å². The van der Waals surface area contributed by atoms with E-state index in [2.05, 4.69) is 34.7 Å². The zero-order valence-corrected chi connectivity index (χ0v) is 32.8. The molecular formula is C41H57N5O6S. The van der Waals surface area contributed by atoms with Crippen LogP contribution in [0.2, 0.25) is 0 Å². The second-order valence-corrected chi connectivity index (χ2v) is 16.3. The lowest BCUT2D eigenvalue weighted by Gasteiger charge is -2.35. The van der Waals surface area contributed by atoms with E-state index in [1.807, 2.05) is 76.5 Å². The molecule has 1 aliphatic heterocycles. The third-order valence-electron chi connectivity index (χ3n) is 9.98. The van der Waals surface area contributed by atoms with Crippen molar-refractivity contribution in [2.45, 2.75) is 124 Å². The third kappa shape index (κ3) is 12.5. The number of hydrogen-bond donors (Lipinski definition) is 4. The van der Waals surface area contributed by atoms with Crippen LogP contribution in [0.3, 0.4) is 0 Å². The number of carbonyl (C=O) groups excluding carboxylic acids is 4. The number of carbonyl (C=O) groups is 4. The lowest BCUT2D eigenvalue weighted by Crippen LogP contribution is -2.57. The molecule has 0 bridgehead atoms. The topological polar surface area (TPSA) is 164 Å². The summed E-state index contributed by atoms with van der Waals surface area (Å²) in [5.74, 6) is -1.02. The number of nitrogens with zero attached hydrogens (tertiary/aromatic N) is 2. The molecule has 5 N–H and O–H groups in total. The van der Waals surface area contributed by atoms with Crippen molar-refractivity contribution in [2.75, 3.05) is 6.54 Å². The lowest BCUT2D eigenvalue weighted by atomic mass is 9.85. The molecule has 53 heavy (non-hydrogen) atoms. The van der Waals surface area contributed by atoms with Gasteiger partial charge in [0.1, 0.15) is 12.1 Å². The predicted octanol–water partition coefficient (Wildman–Crippen LogP) is 5.45. The number of likely N-dealkylation sites (tertiary alicyclic amines) is 1. The van der Waals surface area contributed by atoms with E-state index in [1.165, 1.54) is 4.90 Å². The Kier molecular flexibility index (Phi) is 15.1. The van der Waals surface area contributed by atoms with Crippen LogP contribution >= 0.6 is 11.3 Å². The number of thiazole rings is 1. The summed E-state index contributed by atoms with van der Waals surface area (Å²) in [5, 5.41) is 16.4. The highest BCUT2D eigenvalue weighted by Crippen LogP contribution is 2.28. The molecule has 1 fully saturated rings. The van der Waals surface area contributed by atoms with E-state index in [-0.39, 0.29) is 61.6 Å². The summed E-state index contributed by atoms with van der Waals surface area (Å²) in [6.07, 6.45) is 2.83. The Morgan fingerprint density at radius 2 is 1.75 bits per heavy atom. The highest BCUT2D eigenvalue weighted by atomic mass is 32.1. The largest absolute Gasteiger partial charge is 0.391 e. The molecule has 1 aromatic heterocycles. The van der Waals surface area contributed by atoms with Gasteiger partial charge in [0.25, 0.3) is 0 Å². The number of primary amides is 1. The summed E-state index contributed by atoms with van der Waals surface area (Å²) in [6, 6.07) is 14.4. The number of aryl methyl sites for hydroxylation is 2. The van der Waals surface area contributed by atoms with Crippen molar-refractivity contribution in [2.24, 2.45) is 17.1 Å². The van der Waals surface area contributed by atoms with Crippen LogP contribution in [0.25, 0.3) is 10.4 Å². The summed E-state index contributed by atoms with van der Waals surface area (Å²) in [6.45, 7) is 12.5. The Labute approximate surface area is 318 Å². The number of rotatable bonds is 18. The summed E-state index contributed by atoms with van der Waals surface area (Å²) in [4.78, 5) is 58.5. The van der Waals surface area contributed by atoms with Gasteiger partial charge in [0.05, 0.1) is 34.9 Å². The maximum Gasteiger partial charge on any atom is 0.246 e. The lowest BCUT2D eigenvalue weighted by molar-refractivity contribution is -0.144. The van der Waals surface area contributed by atoms with Crippen molar-refractivity contribution in [3.8, 4) is 10.4 Å². The minimum Gasteiger partial charge on any atom is -0.391 e. The number of hydrogen-bond acceptors (Lipinski definition) is 8. The molecule has 3 aromatic rings. The summed E-state index contributed by atoms with van der Waals surface area (Å²) >= 11 is 1.58. The van der Waals surface area contributed by atoms with Crippen LogP contribution in [0.1, 0.15) is 95.5 Å². The number of benzene rings is 2. The number of aliphatic hydroxyl groups is 1. The van der Waals surface area contributed by atoms with Gasteiger partial charge in [-0.25, -0.2) is 4.98 Å². The van der Waals surface area contributed by atoms with Gasteiger partial charge in [-0.15, -0.1) is 11.3 Å². The van der Waals surface area contributed by atoms with Crippen molar-refractivity contribution in [3.05, 3.63) is 76.4 Å². The van der Waals surface area contributed by atoms with Gasteiger partial charge in [-0.05, 0) is 73.1 Å². The van der Waals surface area contributed by atoms with E-state index in [0.717, 1.165) is 45.7 Å². The molecule has 2 heterocycles. The van der Waals surface area contributed by atoms with Crippen LogP contribution in [0.4, 0.5) is 0 Å². The van der Waals surface area contributed by atoms with Gasteiger partial charge in [-0.2, -0.15) is 0 Å². The molecule has 11 nitrogen and oxygen atoms in total. The van der Waals surface area contributed by atoms with Crippen molar-refractivity contribution in [3.63, 3.8) is 0 Å². The Bertz CT molecular complexity index is 1690.